The molecule has 3 heterocycles. The van der Waals surface area contributed by atoms with Crippen LogP contribution in [0.1, 0.15) is 101 Å². The molecule has 0 radical (unpaired) electrons. The molecule has 0 N–H and O–H groups in total. The number of rotatable bonds is 4. The molecule has 0 atom stereocenters. The van der Waals surface area contributed by atoms with Gasteiger partial charge in [0.15, 0.2) is 0 Å². The number of ether oxygens (including phenoxy) is 2. The number of aromatic nitrogens is 1. The lowest BCUT2D eigenvalue weighted by atomic mass is 9.49. The summed E-state index contributed by atoms with van der Waals surface area (Å²) in [5.74, 6) is 7.87. The minimum atomic E-state index is -0.473. The second-order valence-electron chi connectivity index (χ2n) is 16.2. The summed E-state index contributed by atoms with van der Waals surface area (Å²) >= 11 is 3.47. The number of fused-ring (bicyclic) bond motifs is 1. The van der Waals surface area contributed by atoms with Gasteiger partial charge in [0.05, 0.1) is 23.4 Å². The fourth-order valence-electron chi connectivity index (χ4n) is 8.85. The molecule has 0 bridgehead atoms. The Morgan fingerprint density at radius 3 is 2.29 bits per heavy atom. The van der Waals surface area contributed by atoms with Crippen molar-refractivity contribution in [1.29, 1.82) is 5.26 Å². The molecule has 0 spiro atoms. The summed E-state index contributed by atoms with van der Waals surface area (Å²) in [5.41, 5.74) is 1.63. The first-order valence-electron chi connectivity index (χ1n) is 17.5. The average Bonchev–Trinajstić information content (AvgIpc) is 3.35. The van der Waals surface area contributed by atoms with Crippen molar-refractivity contribution >= 4 is 27.9 Å². The van der Waals surface area contributed by atoms with Gasteiger partial charge in [-0.25, -0.2) is 9.78 Å². The zero-order chi connectivity index (χ0) is 35.3. The maximum atomic E-state index is 13.7. The van der Waals surface area contributed by atoms with Gasteiger partial charge in [0.25, 0.3) is 5.91 Å². The fraction of sp³-hybridized carbons (Fsp3) is 0.590. The monoisotopic (exact) mass is 729 g/mol. The van der Waals surface area contributed by atoms with Gasteiger partial charge in [-0.05, 0) is 98.6 Å². The van der Waals surface area contributed by atoms with Gasteiger partial charge >= 0.3 is 6.09 Å². The van der Waals surface area contributed by atoms with Crippen LogP contribution in [-0.4, -0.2) is 81.7 Å². The molecule has 2 amide bonds. The maximum absolute atomic E-state index is 13.7. The number of amides is 2. The van der Waals surface area contributed by atoms with Crippen molar-refractivity contribution in [3.05, 3.63) is 57.3 Å². The van der Waals surface area contributed by atoms with Crippen molar-refractivity contribution in [2.75, 3.05) is 26.2 Å². The molecule has 49 heavy (non-hydrogen) atoms. The SMILES string of the molecule is CC(C)(C)OC(=O)N1CCN(C2CCC(C#Cc3ccc4c(n3)CN([C@H]3C(C)(C)[C@H](Oc5ccc(C#N)c(Br)c5)C3(C)C)C4=O)CC2)CC1. The Bertz CT molecular complexity index is 1700. The second-order valence-corrected chi connectivity index (χ2v) is 17.1. The van der Waals surface area contributed by atoms with E-state index in [1.54, 1.807) is 6.07 Å². The van der Waals surface area contributed by atoms with Crippen molar-refractivity contribution in [3.8, 4) is 23.7 Å². The van der Waals surface area contributed by atoms with Crippen LogP contribution in [0.4, 0.5) is 4.79 Å². The first kappa shape index (κ1) is 35.2. The van der Waals surface area contributed by atoms with E-state index in [4.69, 9.17) is 14.5 Å². The summed E-state index contributed by atoms with van der Waals surface area (Å²) in [6, 6.07) is 11.9. The minimum Gasteiger partial charge on any atom is -0.489 e. The highest BCUT2D eigenvalue weighted by atomic mass is 79.9. The van der Waals surface area contributed by atoms with E-state index in [9.17, 15) is 14.9 Å². The first-order valence-corrected chi connectivity index (χ1v) is 18.3. The summed E-state index contributed by atoms with van der Waals surface area (Å²) in [6.07, 6.45) is 3.96. The van der Waals surface area contributed by atoms with Crippen LogP contribution in [0.5, 0.6) is 5.75 Å². The van der Waals surface area contributed by atoms with Crippen molar-refractivity contribution in [1.82, 2.24) is 19.7 Å². The Balaban J connectivity index is 1.03. The molecule has 6 rings (SSSR count). The molecule has 1 aromatic carbocycles. The van der Waals surface area contributed by atoms with Crippen LogP contribution in [0, 0.1) is 39.9 Å². The van der Waals surface area contributed by atoms with E-state index in [-0.39, 0.29) is 35.0 Å². The second kappa shape index (κ2) is 13.3. The molecule has 2 aliphatic carbocycles. The van der Waals surface area contributed by atoms with E-state index in [1.807, 2.05) is 54.8 Å². The number of hydrogen-bond acceptors (Lipinski definition) is 7. The third-order valence-corrected chi connectivity index (χ3v) is 11.4. The van der Waals surface area contributed by atoms with Gasteiger partial charge in [-0.1, -0.05) is 33.6 Å². The van der Waals surface area contributed by atoms with E-state index < -0.39 is 5.60 Å². The largest absolute Gasteiger partial charge is 0.489 e. The third kappa shape index (κ3) is 7.05. The molecule has 0 unspecified atom stereocenters. The Kier molecular flexibility index (Phi) is 9.54. The van der Waals surface area contributed by atoms with E-state index in [2.05, 4.69) is 66.4 Å². The summed E-state index contributed by atoms with van der Waals surface area (Å²) in [5, 5.41) is 9.28. The number of hydrogen-bond donors (Lipinski definition) is 0. The van der Waals surface area contributed by atoms with Crippen molar-refractivity contribution in [2.45, 2.75) is 104 Å². The lowest BCUT2D eigenvalue weighted by Gasteiger charge is -2.65. The van der Waals surface area contributed by atoms with Gasteiger partial charge in [0, 0.05) is 59.5 Å². The van der Waals surface area contributed by atoms with Gasteiger partial charge in [-0.3, -0.25) is 9.69 Å². The number of halogens is 1. The summed E-state index contributed by atoms with van der Waals surface area (Å²) < 4.78 is 12.8. The van der Waals surface area contributed by atoms with Gasteiger partial charge in [0.1, 0.15) is 29.2 Å². The highest BCUT2D eigenvalue weighted by Gasteiger charge is 2.67. The predicted octanol–water partition coefficient (Wildman–Crippen LogP) is 7.02. The van der Waals surface area contributed by atoms with E-state index in [1.165, 1.54) is 0 Å². The highest BCUT2D eigenvalue weighted by molar-refractivity contribution is 9.10. The van der Waals surface area contributed by atoms with Crippen LogP contribution >= 0.6 is 15.9 Å². The van der Waals surface area contributed by atoms with Gasteiger partial charge in [-0.15, -0.1) is 0 Å². The van der Waals surface area contributed by atoms with E-state index >= 15 is 0 Å². The standard InChI is InChI=1S/C39H48BrN5O4/c1-37(2,3)49-36(47)44-20-18-43(19-21-44)28-14-9-25(10-15-28)8-12-27-13-17-30-32(42-27)24-45(33(30)46)34-38(4,5)35(39(34,6)7)48-29-16-11-26(23-41)31(40)22-29/h11,13,16-17,22,25,28,34-35H,9-10,14-15,18-21,24H2,1-7H3/t25?,28?,34-,35-. The molecule has 2 aliphatic heterocycles. The number of piperazine rings is 1. The molecule has 3 fully saturated rings. The number of carbonyl (C=O) groups excluding carboxylic acids is 2. The van der Waals surface area contributed by atoms with Crippen molar-refractivity contribution < 1.29 is 19.1 Å². The average molecular weight is 731 g/mol. The summed E-state index contributed by atoms with van der Waals surface area (Å²) in [6.45, 7) is 18.0. The Morgan fingerprint density at radius 1 is 1.00 bits per heavy atom. The van der Waals surface area contributed by atoms with Crippen LogP contribution in [0.3, 0.4) is 0 Å². The lowest BCUT2D eigenvalue weighted by Crippen LogP contribution is -2.74. The number of nitriles is 1. The minimum absolute atomic E-state index is 0.0120. The predicted molar refractivity (Wildman–Crippen MR) is 191 cm³/mol. The van der Waals surface area contributed by atoms with Crippen molar-refractivity contribution in [3.63, 3.8) is 0 Å². The van der Waals surface area contributed by atoms with Crippen LogP contribution < -0.4 is 4.74 Å². The van der Waals surface area contributed by atoms with Crippen LogP contribution in [0.15, 0.2) is 34.8 Å². The Labute approximate surface area is 299 Å². The Hall–Kier alpha value is -3.60. The van der Waals surface area contributed by atoms with Crippen LogP contribution in [-0.2, 0) is 11.3 Å². The molecule has 1 aromatic heterocycles. The normalized spacial score (nSPS) is 26.1. The quantitative estimate of drug-likeness (QED) is 0.312. The van der Waals surface area contributed by atoms with Gasteiger partial charge < -0.3 is 19.3 Å². The van der Waals surface area contributed by atoms with Gasteiger partial charge in [-0.2, -0.15) is 5.26 Å². The number of pyridine rings is 1. The molecule has 1 saturated heterocycles. The molecule has 260 valence electrons. The molecule has 9 nitrogen and oxygen atoms in total. The summed E-state index contributed by atoms with van der Waals surface area (Å²) in [4.78, 5) is 37.4. The molecular formula is C39H48BrN5O4. The number of nitrogens with zero attached hydrogens (tertiary/aromatic N) is 5. The zero-order valence-electron chi connectivity index (χ0n) is 29.8. The Morgan fingerprint density at radius 2 is 1.67 bits per heavy atom. The molecule has 10 heteroatoms. The van der Waals surface area contributed by atoms with E-state index in [0.717, 1.165) is 44.5 Å². The first-order chi connectivity index (χ1) is 23.1. The fourth-order valence-corrected chi connectivity index (χ4v) is 9.30. The van der Waals surface area contributed by atoms with Crippen LogP contribution in [0.2, 0.25) is 0 Å². The highest BCUT2D eigenvalue weighted by Crippen LogP contribution is 2.59. The molecule has 2 aromatic rings. The summed E-state index contributed by atoms with van der Waals surface area (Å²) in [7, 11) is 0. The smallest absolute Gasteiger partial charge is 0.410 e. The molecule has 4 aliphatic rings. The maximum Gasteiger partial charge on any atom is 0.410 e. The van der Waals surface area contributed by atoms with Crippen LogP contribution in [0.25, 0.3) is 0 Å². The zero-order valence-corrected chi connectivity index (χ0v) is 31.4. The molecule has 2 saturated carbocycles. The third-order valence-electron chi connectivity index (χ3n) is 10.8. The topological polar surface area (TPSA) is 99.0 Å². The van der Waals surface area contributed by atoms with Gasteiger partial charge in [0.2, 0.25) is 0 Å². The number of benzene rings is 1. The number of carbonyl (C=O) groups is 2. The van der Waals surface area contributed by atoms with Crippen molar-refractivity contribution in [2.24, 2.45) is 16.7 Å². The molecular weight excluding hydrogens is 682 g/mol. The lowest BCUT2D eigenvalue weighted by molar-refractivity contribution is -0.199. The van der Waals surface area contributed by atoms with E-state index in [0.29, 0.717) is 58.6 Å².